The maximum atomic E-state index is 10.6. The third-order valence-corrected chi connectivity index (χ3v) is 3.87. The molecule has 4 heteroatoms. The van der Waals surface area contributed by atoms with Gasteiger partial charge in [0.15, 0.2) is 11.5 Å². The number of carbonyl (C=O) groups is 1. The fraction of sp³-hybridized carbons (Fsp3) is 0.0952. The lowest BCUT2D eigenvalue weighted by molar-refractivity contribution is -0.131. The molecule has 4 nitrogen and oxygen atoms in total. The first-order chi connectivity index (χ1) is 12.2. The fourth-order valence-electron chi connectivity index (χ4n) is 2.65. The van der Waals surface area contributed by atoms with E-state index in [0.717, 1.165) is 22.6 Å². The summed E-state index contributed by atoms with van der Waals surface area (Å²) in [6, 6.07) is 19.6. The maximum Gasteiger partial charge on any atom is 0.328 e. The van der Waals surface area contributed by atoms with Crippen molar-refractivity contribution in [2.24, 2.45) is 0 Å². The van der Waals surface area contributed by atoms with Crippen LogP contribution in [-0.4, -0.2) is 18.2 Å². The molecule has 0 aliphatic rings. The third-order valence-electron chi connectivity index (χ3n) is 3.87. The van der Waals surface area contributed by atoms with Gasteiger partial charge in [0.05, 0.1) is 7.11 Å². The summed E-state index contributed by atoms with van der Waals surface area (Å²) in [4.78, 5) is 10.6. The molecule has 0 saturated heterocycles. The van der Waals surface area contributed by atoms with E-state index in [1.54, 1.807) is 25.3 Å². The zero-order valence-corrected chi connectivity index (χ0v) is 13.8. The molecule has 0 atom stereocenters. The molecular formula is C21H18O4. The Morgan fingerprint density at radius 2 is 1.84 bits per heavy atom. The van der Waals surface area contributed by atoms with Crippen LogP contribution in [0.15, 0.2) is 66.7 Å². The molecule has 0 saturated carbocycles. The summed E-state index contributed by atoms with van der Waals surface area (Å²) in [7, 11) is 1.56. The van der Waals surface area contributed by atoms with Crippen molar-refractivity contribution in [3.05, 3.63) is 77.9 Å². The summed E-state index contributed by atoms with van der Waals surface area (Å²) in [6.07, 6.45) is 2.60. The SMILES string of the molecule is COc1cc(C=CC(=O)O)ccc1OCc1cccc2ccccc12. The topological polar surface area (TPSA) is 55.8 Å². The Kier molecular flexibility index (Phi) is 5.00. The molecule has 126 valence electrons. The van der Waals surface area contributed by atoms with Crippen LogP contribution < -0.4 is 9.47 Å². The molecule has 3 aromatic carbocycles. The normalized spacial score (nSPS) is 10.9. The van der Waals surface area contributed by atoms with Gasteiger partial charge in [-0.2, -0.15) is 0 Å². The number of ether oxygens (including phenoxy) is 2. The van der Waals surface area contributed by atoms with Crippen LogP contribution in [0.5, 0.6) is 11.5 Å². The maximum absolute atomic E-state index is 10.6. The van der Waals surface area contributed by atoms with Crippen LogP contribution in [0.3, 0.4) is 0 Å². The number of rotatable bonds is 6. The molecule has 1 N–H and O–H groups in total. The minimum absolute atomic E-state index is 0.419. The summed E-state index contributed by atoms with van der Waals surface area (Å²) in [5.41, 5.74) is 1.83. The average molecular weight is 334 g/mol. The monoisotopic (exact) mass is 334 g/mol. The summed E-state index contributed by atoms with van der Waals surface area (Å²) in [6.45, 7) is 0.419. The van der Waals surface area contributed by atoms with Crippen molar-refractivity contribution in [2.45, 2.75) is 6.61 Å². The first kappa shape index (κ1) is 16.6. The van der Waals surface area contributed by atoms with Gasteiger partial charge in [0, 0.05) is 6.08 Å². The molecule has 0 bridgehead atoms. The number of fused-ring (bicyclic) bond motifs is 1. The molecular weight excluding hydrogens is 316 g/mol. The number of carboxylic acid groups (broad SMARTS) is 1. The van der Waals surface area contributed by atoms with Crippen molar-refractivity contribution < 1.29 is 19.4 Å². The van der Waals surface area contributed by atoms with Crippen LogP contribution in [0.25, 0.3) is 16.8 Å². The Balaban J connectivity index is 1.81. The van der Waals surface area contributed by atoms with E-state index in [2.05, 4.69) is 18.2 Å². The molecule has 0 aliphatic carbocycles. The smallest absolute Gasteiger partial charge is 0.328 e. The van der Waals surface area contributed by atoms with Gasteiger partial charge in [0.25, 0.3) is 0 Å². The second-order valence-electron chi connectivity index (χ2n) is 5.51. The highest BCUT2D eigenvalue weighted by Gasteiger charge is 2.07. The first-order valence-corrected chi connectivity index (χ1v) is 7.86. The minimum Gasteiger partial charge on any atom is -0.493 e. The van der Waals surface area contributed by atoms with E-state index in [4.69, 9.17) is 14.6 Å². The molecule has 0 spiro atoms. The Labute approximate surface area is 145 Å². The first-order valence-electron chi connectivity index (χ1n) is 7.86. The number of carboxylic acids is 1. The highest BCUT2D eigenvalue weighted by atomic mass is 16.5. The quantitative estimate of drug-likeness (QED) is 0.673. The van der Waals surface area contributed by atoms with Gasteiger partial charge >= 0.3 is 5.97 Å². The predicted molar refractivity (Wildman–Crippen MR) is 97.9 cm³/mol. The van der Waals surface area contributed by atoms with E-state index < -0.39 is 5.97 Å². The number of hydrogen-bond donors (Lipinski definition) is 1. The summed E-state index contributed by atoms with van der Waals surface area (Å²) in [5.74, 6) is 0.186. The largest absolute Gasteiger partial charge is 0.493 e. The molecule has 0 radical (unpaired) electrons. The molecule has 0 aliphatic heterocycles. The van der Waals surface area contributed by atoms with Crippen molar-refractivity contribution in [3.63, 3.8) is 0 Å². The van der Waals surface area contributed by atoms with Gasteiger partial charge in [-0.1, -0.05) is 48.5 Å². The second-order valence-corrected chi connectivity index (χ2v) is 5.51. The molecule has 0 aromatic heterocycles. The lowest BCUT2D eigenvalue weighted by Crippen LogP contribution is -1.98. The Morgan fingerprint density at radius 1 is 1.04 bits per heavy atom. The highest BCUT2D eigenvalue weighted by molar-refractivity contribution is 5.86. The van der Waals surface area contributed by atoms with E-state index >= 15 is 0 Å². The Bertz CT molecular complexity index is 923. The summed E-state index contributed by atoms with van der Waals surface area (Å²) >= 11 is 0. The van der Waals surface area contributed by atoms with E-state index in [1.165, 1.54) is 11.5 Å². The van der Waals surface area contributed by atoms with Crippen LogP contribution in [0, 0.1) is 0 Å². The lowest BCUT2D eigenvalue weighted by atomic mass is 10.1. The average Bonchev–Trinajstić information content (AvgIpc) is 2.64. The van der Waals surface area contributed by atoms with Gasteiger partial charge in [0.2, 0.25) is 0 Å². The van der Waals surface area contributed by atoms with Crippen molar-refractivity contribution in [1.29, 1.82) is 0 Å². The third kappa shape index (κ3) is 3.98. The number of methoxy groups -OCH3 is 1. The van der Waals surface area contributed by atoms with Crippen LogP contribution in [0.1, 0.15) is 11.1 Å². The zero-order chi connectivity index (χ0) is 17.6. The standard InChI is InChI=1S/C21H18O4/c1-24-20-13-15(10-12-21(22)23)9-11-19(20)25-14-17-7-4-6-16-5-2-3-8-18(16)17/h2-13H,14H2,1H3,(H,22,23). The van der Waals surface area contributed by atoms with E-state index in [1.807, 2.05) is 24.3 Å². The molecule has 3 aromatic rings. The lowest BCUT2D eigenvalue weighted by Gasteiger charge is -2.12. The van der Waals surface area contributed by atoms with Gasteiger partial charge < -0.3 is 14.6 Å². The van der Waals surface area contributed by atoms with Gasteiger partial charge in [-0.3, -0.25) is 0 Å². The van der Waals surface area contributed by atoms with E-state index in [9.17, 15) is 4.79 Å². The predicted octanol–water partition coefficient (Wildman–Crippen LogP) is 4.53. The summed E-state index contributed by atoms with van der Waals surface area (Å²) in [5, 5.41) is 11.0. The van der Waals surface area contributed by atoms with Crippen molar-refractivity contribution in [3.8, 4) is 11.5 Å². The van der Waals surface area contributed by atoms with E-state index in [0.29, 0.717) is 18.1 Å². The van der Waals surface area contributed by atoms with Crippen LogP contribution in [0.4, 0.5) is 0 Å². The van der Waals surface area contributed by atoms with Gasteiger partial charge in [-0.05, 0) is 40.1 Å². The Morgan fingerprint density at radius 3 is 2.64 bits per heavy atom. The molecule has 3 rings (SSSR count). The van der Waals surface area contributed by atoms with Gasteiger partial charge in [-0.15, -0.1) is 0 Å². The van der Waals surface area contributed by atoms with Gasteiger partial charge in [-0.25, -0.2) is 4.79 Å². The van der Waals surface area contributed by atoms with Crippen LogP contribution in [0.2, 0.25) is 0 Å². The number of benzene rings is 3. The summed E-state index contributed by atoms with van der Waals surface area (Å²) < 4.78 is 11.3. The highest BCUT2D eigenvalue weighted by Crippen LogP contribution is 2.30. The van der Waals surface area contributed by atoms with Crippen molar-refractivity contribution in [1.82, 2.24) is 0 Å². The van der Waals surface area contributed by atoms with Crippen LogP contribution in [-0.2, 0) is 11.4 Å². The van der Waals surface area contributed by atoms with Crippen molar-refractivity contribution in [2.75, 3.05) is 7.11 Å². The fourth-order valence-corrected chi connectivity index (χ4v) is 2.65. The molecule has 0 fully saturated rings. The Hall–Kier alpha value is -3.27. The zero-order valence-electron chi connectivity index (χ0n) is 13.8. The van der Waals surface area contributed by atoms with Gasteiger partial charge in [0.1, 0.15) is 6.61 Å². The molecule has 25 heavy (non-hydrogen) atoms. The molecule has 0 unspecified atom stereocenters. The van der Waals surface area contributed by atoms with Crippen molar-refractivity contribution >= 4 is 22.8 Å². The second kappa shape index (κ2) is 7.53. The number of hydrogen-bond acceptors (Lipinski definition) is 3. The number of aliphatic carboxylic acids is 1. The van der Waals surface area contributed by atoms with Crippen LogP contribution >= 0.6 is 0 Å². The molecule has 0 amide bonds. The molecule has 0 heterocycles. The van der Waals surface area contributed by atoms with E-state index in [-0.39, 0.29) is 0 Å². The minimum atomic E-state index is -0.991.